The number of carbonyl (C=O) groups is 2. The molecular formula is C17H20N4O2. The number of rotatable bonds is 2. The van der Waals surface area contributed by atoms with E-state index >= 15 is 0 Å². The van der Waals surface area contributed by atoms with Crippen molar-refractivity contribution in [3.8, 4) is 6.07 Å². The van der Waals surface area contributed by atoms with Crippen molar-refractivity contribution in [2.45, 2.75) is 18.5 Å². The maximum atomic E-state index is 12.6. The molecule has 2 amide bonds. The van der Waals surface area contributed by atoms with E-state index < -0.39 is 0 Å². The van der Waals surface area contributed by atoms with Gasteiger partial charge in [-0.3, -0.25) is 14.5 Å². The molecule has 0 aromatic heterocycles. The van der Waals surface area contributed by atoms with E-state index in [2.05, 4.69) is 16.3 Å². The Balaban J connectivity index is 1.71. The molecule has 3 rings (SSSR count). The summed E-state index contributed by atoms with van der Waals surface area (Å²) >= 11 is 0. The molecule has 2 aliphatic heterocycles. The van der Waals surface area contributed by atoms with Gasteiger partial charge in [0, 0.05) is 31.7 Å². The molecule has 0 saturated carbocycles. The Labute approximate surface area is 135 Å². The third-order valence-electron chi connectivity index (χ3n) is 5.02. The average Bonchev–Trinajstić information content (AvgIpc) is 3.13. The van der Waals surface area contributed by atoms with E-state index in [1.54, 1.807) is 31.3 Å². The maximum absolute atomic E-state index is 12.6. The Morgan fingerprint density at radius 1 is 1.35 bits per heavy atom. The van der Waals surface area contributed by atoms with Crippen LogP contribution < -0.4 is 5.32 Å². The van der Waals surface area contributed by atoms with Crippen LogP contribution in [-0.2, 0) is 4.79 Å². The molecule has 6 heteroatoms. The van der Waals surface area contributed by atoms with Gasteiger partial charge in [-0.05, 0) is 37.6 Å². The van der Waals surface area contributed by atoms with Crippen LogP contribution in [0, 0.1) is 17.2 Å². The molecule has 2 fully saturated rings. The van der Waals surface area contributed by atoms with Gasteiger partial charge in [0.25, 0.3) is 5.91 Å². The molecule has 2 saturated heterocycles. The van der Waals surface area contributed by atoms with E-state index in [4.69, 9.17) is 5.26 Å². The molecule has 2 aliphatic rings. The van der Waals surface area contributed by atoms with Gasteiger partial charge in [0.05, 0.1) is 17.7 Å². The molecule has 23 heavy (non-hydrogen) atoms. The third kappa shape index (κ3) is 2.68. The number of amides is 2. The quantitative estimate of drug-likeness (QED) is 0.860. The standard InChI is InChI=1S/C17H20N4O2/c1-19-16(22)14-7-13-9-21(10-15(13)20(14)2)17(23)12-5-3-4-11(6-12)8-18/h3-6,13-15H,7,9-10H2,1-2H3,(H,19,22)/t13-,14-,15+/m1/s1. The Morgan fingerprint density at radius 2 is 2.13 bits per heavy atom. The van der Waals surface area contributed by atoms with Crippen molar-refractivity contribution in [1.29, 1.82) is 5.26 Å². The van der Waals surface area contributed by atoms with Crippen LogP contribution in [0.25, 0.3) is 0 Å². The van der Waals surface area contributed by atoms with Gasteiger partial charge in [-0.1, -0.05) is 6.07 Å². The second-order valence-corrected chi connectivity index (χ2v) is 6.26. The van der Waals surface area contributed by atoms with Crippen LogP contribution >= 0.6 is 0 Å². The third-order valence-corrected chi connectivity index (χ3v) is 5.02. The minimum absolute atomic E-state index is 0.0404. The number of benzene rings is 1. The summed E-state index contributed by atoms with van der Waals surface area (Å²) in [5.41, 5.74) is 1.04. The molecule has 0 unspecified atom stereocenters. The van der Waals surface area contributed by atoms with Crippen molar-refractivity contribution in [1.82, 2.24) is 15.1 Å². The average molecular weight is 312 g/mol. The number of nitrogens with one attached hydrogen (secondary N) is 1. The number of nitrogens with zero attached hydrogens (tertiary/aromatic N) is 3. The van der Waals surface area contributed by atoms with Gasteiger partial charge in [0.15, 0.2) is 0 Å². The van der Waals surface area contributed by atoms with Gasteiger partial charge in [0.1, 0.15) is 0 Å². The number of fused-ring (bicyclic) bond motifs is 1. The van der Waals surface area contributed by atoms with Crippen molar-refractivity contribution in [3.63, 3.8) is 0 Å². The molecule has 0 radical (unpaired) electrons. The molecule has 0 bridgehead atoms. The lowest BCUT2D eigenvalue weighted by Gasteiger charge is -2.25. The van der Waals surface area contributed by atoms with Crippen LogP contribution in [0.1, 0.15) is 22.3 Å². The smallest absolute Gasteiger partial charge is 0.253 e. The van der Waals surface area contributed by atoms with Crippen LogP contribution in [0.5, 0.6) is 0 Å². The fraction of sp³-hybridized carbons (Fsp3) is 0.471. The molecule has 1 aromatic rings. The van der Waals surface area contributed by atoms with Gasteiger partial charge >= 0.3 is 0 Å². The molecule has 0 spiro atoms. The highest BCUT2D eigenvalue weighted by Gasteiger charge is 2.47. The predicted octanol–water partition coefficient (Wildman–Crippen LogP) is 0.449. The Bertz CT molecular complexity index is 681. The van der Waals surface area contributed by atoms with Crippen molar-refractivity contribution >= 4 is 11.8 Å². The first-order valence-corrected chi connectivity index (χ1v) is 7.78. The molecule has 0 aliphatic carbocycles. The summed E-state index contributed by atoms with van der Waals surface area (Å²) < 4.78 is 0. The summed E-state index contributed by atoms with van der Waals surface area (Å²) in [5, 5.41) is 11.7. The van der Waals surface area contributed by atoms with Gasteiger partial charge < -0.3 is 10.2 Å². The maximum Gasteiger partial charge on any atom is 0.253 e. The first-order chi connectivity index (χ1) is 11.0. The van der Waals surface area contributed by atoms with E-state index in [1.165, 1.54) is 0 Å². The van der Waals surface area contributed by atoms with E-state index in [1.807, 2.05) is 11.9 Å². The molecule has 1 N–H and O–H groups in total. The molecule has 6 nitrogen and oxygen atoms in total. The summed E-state index contributed by atoms with van der Waals surface area (Å²) in [4.78, 5) is 28.5. The van der Waals surface area contributed by atoms with E-state index in [-0.39, 0.29) is 23.9 Å². The Kier molecular flexibility index (Phi) is 4.05. The minimum Gasteiger partial charge on any atom is -0.358 e. The molecular weight excluding hydrogens is 292 g/mol. The lowest BCUT2D eigenvalue weighted by molar-refractivity contribution is -0.125. The molecule has 2 heterocycles. The first kappa shape index (κ1) is 15.5. The number of hydrogen-bond acceptors (Lipinski definition) is 4. The fourth-order valence-electron chi connectivity index (χ4n) is 3.76. The Morgan fingerprint density at radius 3 is 2.78 bits per heavy atom. The summed E-state index contributed by atoms with van der Waals surface area (Å²) in [6.45, 7) is 1.29. The zero-order valence-corrected chi connectivity index (χ0v) is 13.3. The van der Waals surface area contributed by atoms with Crippen molar-refractivity contribution in [3.05, 3.63) is 35.4 Å². The highest BCUT2D eigenvalue weighted by molar-refractivity contribution is 5.95. The van der Waals surface area contributed by atoms with Gasteiger partial charge in [-0.15, -0.1) is 0 Å². The number of likely N-dealkylation sites (N-methyl/N-ethyl adjacent to an activating group) is 2. The van der Waals surface area contributed by atoms with Gasteiger partial charge in [-0.25, -0.2) is 0 Å². The summed E-state index contributed by atoms with van der Waals surface area (Å²) in [6, 6.07) is 8.98. The summed E-state index contributed by atoms with van der Waals surface area (Å²) in [5.74, 6) is 0.327. The van der Waals surface area contributed by atoms with Crippen molar-refractivity contribution in [2.75, 3.05) is 27.2 Å². The molecule has 1 aromatic carbocycles. The van der Waals surface area contributed by atoms with Crippen LogP contribution in [0.15, 0.2) is 24.3 Å². The van der Waals surface area contributed by atoms with Crippen LogP contribution in [0.4, 0.5) is 0 Å². The Hall–Kier alpha value is -2.39. The highest BCUT2D eigenvalue weighted by atomic mass is 16.2. The lowest BCUT2D eigenvalue weighted by atomic mass is 10.0. The second-order valence-electron chi connectivity index (χ2n) is 6.26. The van der Waals surface area contributed by atoms with Crippen molar-refractivity contribution < 1.29 is 9.59 Å². The fourth-order valence-corrected chi connectivity index (χ4v) is 3.76. The normalized spacial score (nSPS) is 26.7. The van der Waals surface area contributed by atoms with Crippen LogP contribution in [-0.4, -0.2) is 60.9 Å². The zero-order valence-electron chi connectivity index (χ0n) is 13.3. The summed E-state index contributed by atoms with van der Waals surface area (Å²) in [6.07, 6.45) is 0.781. The highest BCUT2D eigenvalue weighted by Crippen LogP contribution is 2.35. The van der Waals surface area contributed by atoms with E-state index in [0.717, 1.165) is 6.42 Å². The van der Waals surface area contributed by atoms with Gasteiger partial charge in [-0.2, -0.15) is 5.26 Å². The van der Waals surface area contributed by atoms with E-state index in [9.17, 15) is 9.59 Å². The number of likely N-dealkylation sites (tertiary alicyclic amines) is 2. The van der Waals surface area contributed by atoms with Crippen LogP contribution in [0.2, 0.25) is 0 Å². The lowest BCUT2D eigenvalue weighted by Crippen LogP contribution is -2.45. The monoisotopic (exact) mass is 312 g/mol. The molecule has 120 valence electrons. The SMILES string of the molecule is CNC(=O)[C@H]1C[C@@H]2CN(C(=O)c3cccc(C#N)c3)C[C@@H]2N1C. The topological polar surface area (TPSA) is 76.4 Å². The van der Waals surface area contributed by atoms with Crippen molar-refractivity contribution in [2.24, 2.45) is 5.92 Å². The predicted molar refractivity (Wildman–Crippen MR) is 84.6 cm³/mol. The number of nitriles is 1. The van der Waals surface area contributed by atoms with Crippen LogP contribution in [0.3, 0.4) is 0 Å². The molecule has 3 atom stereocenters. The summed E-state index contributed by atoms with van der Waals surface area (Å²) in [7, 11) is 3.61. The van der Waals surface area contributed by atoms with E-state index in [0.29, 0.717) is 30.1 Å². The zero-order chi connectivity index (χ0) is 16.6. The first-order valence-electron chi connectivity index (χ1n) is 7.78. The number of hydrogen-bond donors (Lipinski definition) is 1. The van der Waals surface area contributed by atoms with Gasteiger partial charge in [0.2, 0.25) is 5.91 Å². The number of carbonyl (C=O) groups excluding carboxylic acids is 2. The minimum atomic E-state index is -0.103. The second kappa shape index (κ2) is 6.01. The largest absolute Gasteiger partial charge is 0.358 e.